The SMILES string of the molecule is CC1(COP(=O)(O)OP(=O)(O)OP(=O)(O)Oc2ccc3c(C(F)(F)F)cc(=O)oc3c2)CC=C(n2cnc3c(=O)[nH]c(N)nc32)O1. The van der Waals surface area contributed by atoms with E-state index in [2.05, 4.69) is 32.5 Å². The molecule has 4 heterocycles. The Hall–Kier alpha value is -3.84. The van der Waals surface area contributed by atoms with Crippen LogP contribution in [0, 0.1) is 0 Å². The van der Waals surface area contributed by atoms with E-state index in [4.69, 9.17) is 15.0 Å². The highest BCUT2D eigenvalue weighted by Crippen LogP contribution is 2.67. The van der Waals surface area contributed by atoms with E-state index in [0.29, 0.717) is 18.2 Å². The molecule has 0 saturated heterocycles. The van der Waals surface area contributed by atoms with Crippen LogP contribution in [0.15, 0.2) is 50.7 Å². The number of nitrogens with zero attached hydrogens (tertiary/aromatic N) is 3. The molecular weight excluding hydrogens is 696 g/mol. The second-order valence-corrected chi connectivity index (χ2v) is 14.2. The molecule has 0 saturated carbocycles. The van der Waals surface area contributed by atoms with Gasteiger partial charge in [0.25, 0.3) is 5.56 Å². The van der Waals surface area contributed by atoms with Crippen LogP contribution in [-0.2, 0) is 37.8 Å². The Morgan fingerprint density at radius 3 is 2.50 bits per heavy atom. The van der Waals surface area contributed by atoms with Gasteiger partial charge in [0.15, 0.2) is 17.0 Å². The first-order valence-corrected chi connectivity index (χ1v) is 16.7. The third kappa shape index (κ3) is 7.41. The third-order valence-corrected chi connectivity index (χ3v) is 10.1. The average molecular weight is 715 g/mol. The lowest BCUT2D eigenvalue weighted by atomic mass is 10.1. The number of nitrogens with one attached hydrogen (secondary N) is 1. The van der Waals surface area contributed by atoms with Crippen LogP contribution < -0.4 is 21.4 Å². The van der Waals surface area contributed by atoms with E-state index in [1.807, 2.05) is 0 Å². The van der Waals surface area contributed by atoms with Gasteiger partial charge >= 0.3 is 35.3 Å². The molecule has 0 aliphatic carbocycles. The van der Waals surface area contributed by atoms with E-state index in [-0.39, 0.29) is 35.5 Å². The topological polar surface area (TPSA) is 278 Å². The highest BCUT2D eigenvalue weighted by molar-refractivity contribution is 7.67. The Bertz CT molecular complexity index is 2160. The molecule has 0 radical (unpaired) electrons. The molecule has 1 aliphatic rings. The summed E-state index contributed by atoms with van der Waals surface area (Å²) in [5, 5.41) is -0.625. The lowest BCUT2D eigenvalue weighted by Gasteiger charge is -2.26. The standard InChI is InChI=1S/C21H19F3N5O14P3/c1-20(5-4-14(40-20)29-9-26-16-17(29)27-19(25)28-18(16)31)8-38-44(32,33)42-46(36,37)43-45(34,35)41-10-2-3-11-12(21(22,23)24)7-15(30)39-13(11)6-10/h2-4,6-7,9H,5,8H2,1H3,(H,32,33)(H,34,35)(H,36,37)(H3,25,27,28,31). The van der Waals surface area contributed by atoms with Crippen molar-refractivity contribution in [1.82, 2.24) is 19.5 Å². The van der Waals surface area contributed by atoms with Gasteiger partial charge in [0.05, 0.1) is 12.2 Å². The second kappa shape index (κ2) is 11.4. The van der Waals surface area contributed by atoms with Gasteiger partial charge in [-0.1, -0.05) is 0 Å². The van der Waals surface area contributed by atoms with Gasteiger partial charge in [0, 0.05) is 23.9 Å². The molecule has 4 aromatic rings. The zero-order valence-electron chi connectivity index (χ0n) is 22.6. The molecule has 46 heavy (non-hydrogen) atoms. The van der Waals surface area contributed by atoms with Gasteiger partial charge < -0.3 is 29.2 Å². The quantitative estimate of drug-likeness (QED) is 0.116. The molecule has 3 aromatic heterocycles. The lowest BCUT2D eigenvalue weighted by Crippen LogP contribution is -2.30. The number of halogens is 3. The Morgan fingerprint density at radius 2 is 1.80 bits per heavy atom. The highest BCUT2D eigenvalue weighted by Gasteiger charge is 2.45. The summed E-state index contributed by atoms with van der Waals surface area (Å²) < 4.78 is 106. The van der Waals surface area contributed by atoms with E-state index in [9.17, 15) is 51.1 Å². The molecule has 0 fully saturated rings. The average Bonchev–Trinajstić information content (AvgIpc) is 3.49. The van der Waals surface area contributed by atoms with E-state index < -0.39 is 75.3 Å². The van der Waals surface area contributed by atoms with Crippen molar-refractivity contribution in [2.45, 2.75) is 25.1 Å². The maximum Gasteiger partial charge on any atom is 0.536 e. The minimum absolute atomic E-state index is 0.0178. The van der Waals surface area contributed by atoms with E-state index in [1.54, 1.807) is 0 Å². The number of imidazole rings is 1. The minimum Gasteiger partial charge on any atom is -0.470 e. The van der Waals surface area contributed by atoms with Crippen LogP contribution in [0.2, 0.25) is 0 Å². The number of fused-ring (bicyclic) bond motifs is 2. The van der Waals surface area contributed by atoms with E-state index >= 15 is 0 Å². The number of aromatic amines is 1. The van der Waals surface area contributed by atoms with Gasteiger partial charge in [-0.25, -0.2) is 23.5 Å². The van der Waals surface area contributed by atoms with E-state index in [0.717, 1.165) is 0 Å². The van der Waals surface area contributed by atoms with Crippen LogP contribution in [0.1, 0.15) is 18.9 Å². The van der Waals surface area contributed by atoms with Crippen molar-refractivity contribution in [2.24, 2.45) is 0 Å². The summed E-state index contributed by atoms with van der Waals surface area (Å²) in [4.78, 5) is 63.5. The first kappa shape index (κ1) is 33.5. The van der Waals surface area contributed by atoms with Gasteiger partial charge in [-0.3, -0.25) is 23.8 Å². The third-order valence-electron chi connectivity index (χ3n) is 5.91. The Balaban J connectivity index is 1.22. The van der Waals surface area contributed by atoms with Crippen molar-refractivity contribution in [3.63, 3.8) is 0 Å². The van der Waals surface area contributed by atoms with Gasteiger partial charge in [0.2, 0.25) is 5.95 Å². The predicted octanol–water partition coefficient (Wildman–Crippen LogP) is 3.23. The first-order valence-electron chi connectivity index (χ1n) is 12.2. The minimum atomic E-state index is -5.95. The molecule has 19 nitrogen and oxygen atoms in total. The zero-order chi connectivity index (χ0) is 33.9. The molecule has 5 rings (SSSR count). The van der Waals surface area contributed by atoms with Crippen molar-refractivity contribution < 1.29 is 68.4 Å². The maximum atomic E-state index is 13.2. The Morgan fingerprint density at radius 1 is 1.11 bits per heavy atom. The molecule has 4 unspecified atom stereocenters. The summed E-state index contributed by atoms with van der Waals surface area (Å²) in [6.45, 7) is 0.622. The lowest BCUT2D eigenvalue weighted by molar-refractivity contribution is -0.136. The largest absolute Gasteiger partial charge is 0.536 e. The number of hydrogen-bond donors (Lipinski definition) is 5. The number of nitrogens with two attached hydrogens (primary N) is 1. The molecule has 0 bridgehead atoms. The number of alkyl halides is 3. The van der Waals surface area contributed by atoms with Crippen LogP contribution in [0.25, 0.3) is 28.0 Å². The Kier molecular flexibility index (Phi) is 8.34. The monoisotopic (exact) mass is 715 g/mol. The summed E-state index contributed by atoms with van der Waals surface area (Å²) in [7, 11) is -17.2. The van der Waals surface area contributed by atoms with Crippen molar-refractivity contribution in [2.75, 3.05) is 12.3 Å². The van der Waals surface area contributed by atoms with Gasteiger partial charge in [-0.05, 0) is 25.1 Å². The summed E-state index contributed by atoms with van der Waals surface area (Å²) in [6.07, 6.45) is -2.26. The first-order chi connectivity index (χ1) is 21.1. The molecule has 4 atom stereocenters. The molecule has 25 heteroatoms. The number of ether oxygens (including phenoxy) is 1. The van der Waals surface area contributed by atoms with Crippen LogP contribution in [0.4, 0.5) is 19.1 Å². The summed E-state index contributed by atoms with van der Waals surface area (Å²) in [5.41, 5.74) is -0.0217. The van der Waals surface area contributed by atoms with Crippen molar-refractivity contribution in [1.29, 1.82) is 0 Å². The van der Waals surface area contributed by atoms with Crippen LogP contribution in [-0.4, -0.2) is 46.4 Å². The number of phosphoric acid groups is 3. The van der Waals surface area contributed by atoms with Crippen LogP contribution in [0.5, 0.6) is 5.75 Å². The molecule has 248 valence electrons. The summed E-state index contributed by atoms with van der Waals surface area (Å²) in [6, 6.07) is 2.20. The van der Waals surface area contributed by atoms with Crippen LogP contribution in [0.3, 0.4) is 0 Å². The van der Waals surface area contributed by atoms with Crippen LogP contribution >= 0.6 is 23.5 Å². The van der Waals surface area contributed by atoms with Gasteiger partial charge in [0.1, 0.15) is 23.3 Å². The molecular formula is C21H19F3N5O14P3. The predicted molar refractivity (Wildman–Crippen MR) is 147 cm³/mol. The molecule has 1 aromatic carbocycles. The van der Waals surface area contributed by atoms with Gasteiger partial charge in [-0.15, -0.1) is 0 Å². The smallest absolute Gasteiger partial charge is 0.470 e. The van der Waals surface area contributed by atoms with E-state index in [1.165, 1.54) is 23.9 Å². The number of H-pyrrole nitrogens is 1. The number of phosphoric ester groups is 2. The maximum absolute atomic E-state index is 13.2. The van der Waals surface area contributed by atoms with Crippen molar-refractivity contribution in [3.8, 4) is 5.75 Å². The molecule has 0 spiro atoms. The number of anilines is 1. The second-order valence-electron chi connectivity index (χ2n) is 9.60. The number of nitrogen functional groups attached to an aromatic ring is 1. The number of rotatable bonds is 10. The van der Waals surface area contributed by atoms with Gasteiger partial charge in [-0.2, -0.15) is 26.8 Å². The Labute approximate surface area is 251 Å². The molecule has 6 N–H and O–H groups in total. The highest BCUT2D eigenvalue weighted by atomic mass is 31.3. The number of benzene rings is 1. The number of hydrogen-bond acceptors (Lipinski definition) is 14. The van der Waals surface area contributed by atoms with Crippen molar-refractivity contribution in [3.05, 3.63) is 63.0 Å². The fourth-order valence-electron chi connectivity index (χ4n) is 4.06. The fraction of sp³-hybridized carbons (Fsp3) is 0.238. The summed E-state index contributed by atoms with van der Waals surface area (Å²) >= 11 is 0. The zero-order valence-corrected chi connectivity index (χ0v) is 25.3. The molecule has 1 aliphatic heterocycles. The van der Waals surface area contributed by atoms with Crippen molar-refractivity contribution >= 4 is 57.4 Å². The normalized spacial score (nSPS) is 20.9. The summed E-state index contributed by atoms with van der Waals surface area (Å²) in [5.74, 6) is -0.912. The molecule has 0 amide bonds. The fourth-order valence-corrected chi connectivity index (χ4v) is 7.68. The number of aromatic nitrogens is 4.